The third-order valence-electron chi connectivity index (χ3n) is 3.21. The van der Waals surface area contributed by atoms with Crippen LogP contribution in [0.25, 0.3) is 10.9 Å². The minimum Gasteiger partial charge on any atom is -0.444 e. The number of aromatic nitrogens is 2. The summed E-state index contributed by atoms with van der Waals surface area (Å²) in [5.41, 5.74) is 0.734. The van der Waals surface area contributed by atoms with Gasteiger partial charge in [0, 0.05) is 17.5 Å². The van der Waals surface area contributed by atoms with E-state index in [4.69, 9.17) is 4.42 Å². The number of oxazole rings is 1. The molecule has 23 heavy (non-hydrogen) atoms. The van der Waals surface area contributed by atoms with Crippen LogP contribution in [-0.2, 0) is 6.54 Å². The molecule has 0 radical (unpaired) electrons. The van der Waals surface area contributed by atoms with Gasteiger partial charge in [-0.1, -0.05) is 0 Å². The molecule has 0 fully saturated rings. The lowest BCUT2D eigenvalue weighted by molar-refractivity contribution is -0.384. The van der Waals surface area contributed by atoms with Crippen molar-refractivity contribution in [3.8, 4) is 6.07 Å². The zero-order valence-electron chi connectivity index (χ0n) is 12.1. The molecule has 0 saturated carbocycles. The van der Waals surface area contributed by atoms with Gasteiger partial charge in [-0.2, -0.15) is 5.26 Å². The van der Waals surface area contributed by atoms with E-state index in [0.29, 0.717) is 40.5 Å². The molecule has 0 bridgehead atoms. The average Bonchev–Trinajstić information content (AvgIpc) is 2.97. The standard InChI is InChI=1S/C15H11N5O3/c1-9-7-18-15(23-9)8-17-14-4-10(6-16)12-5-11(20(21)22)2-3-13(12)19-14/h2-5,7H,8H2,1H3,(H,17,19). The Morgan fingerprint density at radius 2 is 2.26 bits per heavy atom. The lowest BCUT2D eigenvalue weighted by Crippen LogP contribution is -2.02. The highest BCUT2D eigenvalue weighted by molar-refractivity contribution is 5.88. The fourth-order valence-corrected chi connectivity index (χ4v) is 2.16. The van der Waals surface area contributed by atoms with E-state index in [2.05, 4.69) is 15.3 Å². The van der Waals surface area contributed by atoms with Crippen LogP contribution in [0.15, 0.2) is 34.9 Å². The molecule has 0 saturated heterocycles. The van der Waals surface area contributed by atoms with E-state index in [-0.39, 0.29) is 5.69 Å². The van der Waals surface area contributed by atoms with Crippen molar-refractivity contribution < 1.29 is 9.34 Å². The molecule has 0 aliphatic rings. The number of nitrogens with zero attached hydrogens (tertiary/aromatic N) is 4. The maximum atomic E-state index is 10.8. The summed E-state index contributed by atoms with van der Waals surface area (Å²) in [4.78, 5) is 18.8. The molecule has 2 heterocycles. The molecular weight excluding hydrogens is 298 g/mol. The maximum Gasteiger partial charge on any atom is 0.270 e. The molecule has 0 aliphatic carbocycles. The number of benzene rings is 1. The van der Waals surface area contributed by atoms with Gasteiger partial charge in [-0.05, 0) is 19.1 Å². The summed E-state index contributed by atoms with van der Waals surface area (Å²) in [7, 11) is 0. The topological polar surface area (TPSA) is 118 Å². The largest absolute Gasteiger partial charge is 0.444 e. The van der Waals surface area contributed by atoms with Crippen LogP contribution in [0.4, 0.5) is 11.5 Å². The number of pyridine rings is 1. The van der Waals surface area contributed by atoms with Gasteiger partial charge >= 0.3 is 0 Å². The van der Waals surface area contributed by atoms with Crippen molar-refractivity contribution in [2.24, 2.45) is 0 Å². The molecular formula is C15H11N5O3. The summed E-state index contributed by atoms with van der Waals surface area (Å²) >= 11 is 0. The van der Waals surface area contributed by atoms with Gasteiger partial charge < -0.3 is 9.73 Å². The van der Waals surface area contributed by atoms with Crippen molar-refractivity contribution in [2.45, 2.75) is 13.5 Å². The fourth-order valence-electron chi connectivity index (χ4n) is 2.16. The van der Waals surface area contributed by atoms with Crippen LogP contribution in [0, 0.1) is 28.4 Å². The van der Waals surface area contributed by atoms with Crippen LogP contribution in [0.5, 0.6) is 0 Å². The van der Waals surface area contributed by atoms with E-state index in [1.165, 1.54) is 18.2 Å². The molecule has 3 aromatic rings. The third-order valence-corrected chi connectivity index (χ3v) is 3.21. The van der Waals surface area contributed by atoms with Gasteiger partial charge in [0.25, 0.3) is 5.69 Å². The van der Waals surface area contributed by atoms with Crippen LogP contribution >= 0.6 is 0 Å². The van der Waals surface area contributed by atoms with Crippen molar-refractivity contribution in [3.05, 3.63) is 57.8 Å². The maximum absolute atomic E-state index is 10.8. The Morgan fingerprint density at radius 1 is 1.43 bits per heavy atom. The zero-order valence-corrected chi connectivity index (χ0v) is 12.1. The quantitative estimate of drug-likeness (QED) is 0.581. The Labute approximate surface area is 130 Å². The van der Waals surface area contributed by atoms with E-state index in [1.54, 1.807) is 19.2 Å². The Morgan fingerprint density at radius 3 is 2.91 bits per heavy atom. The number of nitrogens with one attached hydrogen (secondary N) is 1. The molecule has 0 atom stereocenters. The minimum absolute atomic E-state index is 0.0771. The molecule has 8 nitrogen and oxygen atoms in total. The van der Waals surface area contributed by atoms with Crippen LogP contribution in [0.1, 0.15) is 17.2 Å². The van der Waals surface area contributed by atoms with E-state index >= 15 is 0 Å². The number of non-ortho nitro benzene ring substituents is 1. The van der Waals surface area contributed by atoms with Crippen LogP contribution in [0.3, 0.4) is 0 Å². The second-order valence-corrected chi connectivity index (χ2v) is 4.84. The molecule has 0 spiro atoms. The average molecular weight is 309 g/mol. The number of hydrogen-bond acceptors (Lipinski definition) is 7. The highest BCUT2D eigenvalue weighted by Gasteiger charge is 2.12. The van der Waals surface area contributed by atoms with Crippen LogP contribution < -0.4 is 5.32 Å². The third kappa shape index (κ3) is 2.94. The molecule has 1 N–H and O–H groups in total. The Balaban J connectivity index is 1.95. The monoisotopic (exact) mass is 309 g/mol. The van der Waals surface area contributed by atoms with Crippen LogP contribution in [0.2, 0.25) is 0 Å². The highest BCUT2D eigenvalue weighted by atomic mass is 16.6. The number of nitriles is 1. The number of anilines is 1. The molecule has 3 rings (SSSR count). The lowest BCUT2D eigenvalue weighted by Gasteiger charge is -2.06. The van der Waals surface area contributed by atoms with Crippen molar-refractivity contribution in [1.29, 1.82) is 5.26 Å². The highest BCUT2D eigenvalue weighted by Crippen LogP contribution is 2.25. The number of hydrogen-bond donors (Lipinski definition) is 1. The number of nitro benzene ring substituents is 1. The van der Waals surface area contributed by atoms with E-state index < -0.39 is 4.92 Å². The van der Waals surface area contributed by atoms with E-state index in [9.17, 15) is 15.4 Å². The number of fused-ring (bicyclic) bond motifs is 1. The summed E-state index contributed by atoms with van der Waals surface area (Å²) < 4.78 is 5.35. The van der Waals surface area contributed by atoms with Gasteiger partial charge in [-0.25, -0.2) is 9.97 Å². The smallest absolute Gasteiger partial charge is 0.270 e. The predicted molar refractivity (Wildman–Crippen MR) is 81.7 cm³/mol. The van der Waals surface area contributed by atoms with Gasteiger partial charge in [-0.3, -0.25) is 10.1 Å². The second-order valence-electron chi connectivity index (χ2n) is 4.84. The van der Waals surface area contributed by atoms with Crippen molar-refractivity contribution >= 4 is 22.4 Å². The zero-order chi connectivity index (χ0) is 16.4. The molecule has 0 unspecified atom stereocenters. The first-order chi connectivity index (χ1) is 11.1. The molecule has 0 amide bonds. The van der Waals surface area contributed by atoms with Crippen LogP contribution in [-0.4, -0.2) is 14.9 Å². The number of aryl methyl sites for hydroxylation is 1. The number of nitro groups is 1. The Hall–Kier alpha value is -3.47. The van der Waals surface area contributed by atoms with Crippen molar-refractivity contribution in [3.63, 3.8) is 0 Å². The predicted octanol–water partition coefficient (Wildman–Crippen LogP) is 2.92. The minimum atomic E-state index is -0.502. The summed E-state index contributed by atoms with van der Waals surface area (Å²) in [6.45, 7) is 2.12. The number of rotatable bonds is 4. The van der Waals surface area contributed by atoms with E-state index in [1.807, 2.05) is 6.07 Å². The summed E-state index contributed by atoms with van der Waals surface area (Å²) in [6, 6.07) is 7.81. The normalized spacial score (nSPS) is 10.4. The van der Waals surface area contributed by atoms with E-state index in [0.717, 1.165) is 0 Å². The lowest BCUT2D eigenvalue weighted by atomic mass is 10.1. The molecule has 8 heteroatoms. The van der Waals surface area contributed by atoms with Crippen molar-refractivity contribution in [1.82, 2.24) is 9.97 Å². The fraction of sp³-hybridized carbons (Fsp3) is 0.133. The first-order valence-electron chi connectivity index (χ1n) is 6.71. The van der Waals surface area contributed by atoms with Crippen molar-refractivity contribution in [2.75, 3.05) is 5.32 Å². The first kappa shape index (κ1) is 14.5. The summed E-state index contributed by atoms with van der Waals surface area (Å²) in [5, 5.41) is 23.6. The Kier molecular flexibility index (Phi) is 3.60. The van der Waals surface area contributed by atoms with Gasteiger partial charge in [0.05, 0.1) is 34.8 Å². The van der Waals surface area contributed by atoms with Gasteiger partial charge in [0.1, 0.15) is 11.6 Å². The summed E-state index contributed by atoms with van der Waals surface area (Å²) in [5.74, 6) is 1.68. The Bertz CT molecular complexity index is 942. The molecule has 114 valence electrons. The summed E-state index contributed by atoms with van der Waals surface area (Å²) in [6.07, 6.45) is 1.62. The van der Waals surface area contributed by atoms with Gasteiger partial charge in [-0.15, -0.1) is 0 Å². The molecule has 1 aromatic carbocycles. The van der Waals surface area contributed by atoms with Gasteiger partial charge in [0.15, 0.2) is 0 Å². The molecule has 2 aromatic heterocycles. The first-order valence-corrected chi connectivity index (χ1v) is 6.71. The van der Waals surface area contributed by atoms with Gasteiger partial charge in [0.2, 0.25) is 5.89 Å². The SMILES string of the molecule is Cc1cnc(CNc2cc(C#N)c3cc([N+](=O)[O-])ccc3n2)o1. The second kappa shape index (κ2) is 5.73. The molecule has 0 aliphatic heterocycles.